The number of nitrogens with zero attached hydrogens (tertiary/aromatic N) is 2. The van der Waals surface area contributed by atoms with Crippen molar-refractivity contribution < 1.29 is 26.5 Å². The van der Waals surface area contributed by atoms with Crippen LogP contribution < -0.4 is 4.90 Å². The van der Waals surface area contributed by atoms with E-state index in [2.05, 4.69) is 6.07 Å². The van der Waals surface area contributed by atoms with Crippen LogP contribution in [0.5, 0.6) is 0 Å². The van der Waals surface area contributed by atoms with Gasteiger partial charge in [-0.15, -0.1) is 0 Å². The number of rotatable bonds is 3. The predicted octanol–water partition coefficient (Wildman–Crippen LogP) is 1.16. The van der Waals surface area contributed by atoms with Crippen molar-refractivity contribution in [3.63, 3.8) is 0 Å². The van der Waals surface area contributed by atoms with E-state index in [0.717, 1.165) is 21.3 Å². The molecule has 2 rings (SSSR count). The van der Waals surface area contributed by atoms with Gasteiger partial charge >= 0.3 is 6.18 Å². The smallest absolute Gasteiger partial charge is 0.319 e. The van der Waals surface area contributed by atoms with Crippen molar-refractivity contribution in [3.8, 4) is 6.07 Å². The van der Waals surface area contributed by atoms with Crippen LogP contribution in [0.1, 0.15) is 12.5 Å². The summed E-state index contributed by atoms with van der Waals surface area (Å²) in [7, 11) is -4.04. The van der Waals surface area contributed by atoms with Crippen molar-refractivity contribution in [1.82, 2.24) is 4.31 Å². The minimum Gasteiger partial charge on any atom is -0.319 e. The standard InChI is InChI=1S/C14H15ClF3N3O2S/c1-10(9-19)20-4-6-21(7-5-20)24(22,23)11-2-3-13(15)12(8-11)14(16,17)18/h2-3,8,10H,4-7H2,1H3/p+1/t10-/m0/s1. The Hall–Kier alpha value is -1.34. The molecule has 1 aromatic rings. The lowest BCUT2D eigenvalue weighted by molar-refractivity contribution is -0.918. The molecule has 1 fully saturated rings. The molecule has 1 aromatic carbocycles. The average molecular weight is 383 g/mol. The second kappa shape index (κ2) is 6.88. The third-order valence-electron chi connectivity index (χ3n) is 4.05. The molecule has 0 spiro atoms. The van der Waals surface area contributed by atoms with Gasteiger partial charge < -0.3 is 4.90 Å². The molecule has 0 saturated carbocycles. The molecule has 5 nitrogen and oxygen atoms in total. The van der Waals surface area contributed by atoms with Crippen LogP contribution in [-0.2, 0) is 16.2 Å². The summed E-state index contributed by atoms with van der Waals surface area (Å²) < 4.78 is 65.0. The van der Waals surface area contributed by atoms with Crippen molar-refractivity contribution >= 4 is 21.6 Å². The summed E-state index contributed by atoms with van der Waals surface area (Å²) in [5.74, 6) is 0. The Kier molecular flexibility index (Phi) is 5.44. The van der Waals surface area contributed by atoms with Gasteiger partial charge in [-0.2, -0.15) is 22.7 Å². The molecule has 0 aliphatic carbocycles. The van der Waals surface area contributed by atoms with Gasteiger partial charge in [0.2, 0.25) is 10.0 Å². The van der Waals surface area contributed by atoms with E-state index >= 15 is 0 Å². The third kappa shape index (κ3) is 3.83. The number of sulfonamides is 1. The van der Waals surface area contributed by atoms with Crippen LogP contribution in [0.25, 0.3) is 0 Å². The molecular weight excluding hydrogens is 367 g/mol. The van der Waals surface area contributed by atoms with Gasteiger partial charge in [-0.1, -0.05) is 11.6 Å². The first kappa shape index (κ1) is 19.0. The van der Waals surface area contributed by atoms with Gasteiger partial charge in [-0.05, 0) is 18.2 Å². The van der Waals surface area contributed by atoms with Gasteiger partial charge in [0.25, 0.3) is 0 Å². The minimum atomic E-state index is -4.73. The number of hydrogen-bond donors (Lipinski definition) is 1. The molecule has 1 heterocycles. The maximum atomic E-state index is 12.9. The largest absolute Gasteiger partial charge is 0.417 e. The highest BCUT2D eigenvalue weighted by molar-refractivity contribution is 7.89. The highest BCUT2D eigenvalue weighted by Gasteiger charge is 2.37. The molecule has 0 aromatic heterocycles. The van der Waals surface area contributed by atoms with Gasteiger partial charge in [0.05, 0.1) is 41.7 Å². The quantitative estimate of drug-likeness (QED) is 0.853. The van der Waals surface area contributed by atoms with E-state index in [1.165, 1.54) is 0 Å². The maximum Gasteiger partial charge on any atom is 0.417 e. The first-order valence-electron chi connectivity index (χ1n) is 7.18. The molecule has 1 aliphatic heterocycles. The van der Waals surface area contributed by atoms with Crippen LogP contribution in [0.2, 0.25) is 5.02 Å². The number of nitrogens with one attached hydrogen (secondary N) is 1. The van der Waals surface area contributed by atoms with E-state index in [4.69, 9.17) is 16.9 Å². The summed E-state index contributed by atoms with van der Waals surface area (Å²) in [5.41, 5.74) is -1.17. The number of alkyl halides is 3. The van der Waals surface area contributed by atoms with Gasteiger partial charge in [-0.3, -0.25) is 0 Å². The lowest BCUT2D eigenvalue weighted by atomic mass is 10.2. The second-order valence-corrected chi connectivity index (χ2v) is 7.90. The molecule has 0 radical (unpaired) electrons. The molecule has 0 unspecified atom stereocenters. The zero-order valence-electron chi connectivity index (χ0n) is 12.8. The number of piperazine rings is 1. The molecule has 24 heavy (non-hydrogen) atoms. The van der Waals surface area contributed by atoms with E-state index in [0.29, 0.717) is 19.2 Å². The normalized spacial score (nSPS) is 19.0. The van der Waals surface area contributed by atoms with Crippen molar-refractivity contribution in [2.75, 3.05) is 26.2 Å². The zero-order valence-corrected chi connectivity index (χ0v) is 14.3. The fraction of sp³-hybridized carbons (Fsp3) is 0.500. The highest BCUT2D eigenvalue weighted by atomic mass is 35.5. The predicted molar refractivity (Wildman–Crippen MR) is 81.0 cm³/mol. The number of quaternary nitrogens is 1. The first-order chi connectivity index (χ1) is 11.1. The van der Waals surface area contributed by atoms with Crippen LogP contribution in [0.4, 0.5) is 13.2 Å². The Morgan fingerprint density at radius 1 is 1.33 bits per heavy atom. The lowest BCUT2D eigenvalue weighted by Gasteiger charge is -2.32. The number of benzene rings is 1. The number of halogens is 4. The fourth-order valence-electron chi connectivity index (χ4n) is 2.57. The first-order valence-corrected chi connectivity index (χ1v) is 9.00. The van der Waals surface area contributed by atoms with Crippen molar-refractivity contribution in [1.29, 1.82) is 5.26 Å². The minimum absolute atomic E-state index is 0.146. The van der Waals surface area contributed by atoms with Gasteiger partial charge in [-0.25, -0.2) is 8.42 Å². The van der Waals surface area contributed by atoms with Crippen molar-refractivity contribution in [2.24, 2.45) is 0 Å². The Labute approximate surface area is 143 Å². The molecule has 0 amide bonds. The third-order valence-corrected chi connectivity index (χ3v) is 6.28. The number of nitriles is 1. The summed E-state index contributed by atoms with van der Waals surface area (Å²) in [6.45, 7) is 2.89. The van der Waals surface area contributed by atoms with E-state index in [1.807, 2.05) is 0 Å². The van der Waals surface area contributed by atoms with Crippen LogP contribution in [-0.4, -0.2) is 44.9 Å². The van der Waals surface area contributed by atoms with E-state index in [9.17, 15) is 21.6 Å². The Morgan fingerprint density at radius 2 is 1.92 bits per heavy atom. The SMILES string of the molecule is C[C@@H](C#N)[NH+]1CCN(S(=O)(=O)c2ccc(Cl)c(C(F)(F)F)c2)CC1. The van der Waals surface area contributed by atoms with E-state index < -0.39 is 31.7 Å². The number of hydrogen-bond acceptors (Lipinski definition) is 3. The molecule has 1 N–H and O–H groups in total. The van der Waals surface area contributed by atoms with E-state index in [-0.39, 0.29) is 19.1 Å². The Balaban J connectivity index is 2.25. The zero-order chi connectivity index (χ0) is 18.1. The van der Waals surface area contributed by atoms with Gasteiger partial charge in [0, 0.05) is 6.92 Å². The molecule has 132 valence electrons. The molecule has 10 heteroatoms. The molecular formula is C14H16ClF3N3O2S+. The highest BCUT2D eigenvalue weighted by Crippen LogP contribution is 2.36. The van der Waals surface area contributed by atoms with Gasteiger partial charge in [0.15, 0.2) is 6.04 Å². The van der Waals surface area contributed by atoms with E-state index in [1.54, 1.807) is 6.92 Å². The van der Waals surface area contributed by atoms with Crippen LogP contribution in [0.15, 0.2) is 23.1 Å². The van der Waals surface area contributed by atoms with Crippen molar-refractivity contribution in [2.45, 2.75) is 24.0 Å². The van der Waals surface area contributed by atoms with Gasteiger partial charge in [0.1, 0.15) is 6.07 Å². The van der Waals surface area contributed by atoms with Crippen LogP contribution >= 0.6 is 11.6 Å². The molecule has 1 atom stereocenters. The monoisotopic (exact) mass is 382 g/mol. The van der Waals surface area contributed by atoms with Crippen molar-refractivity contribution in [3.05, 3.63) is 28.8 Å². The topological polar surface area (TPSA) is 65.6 Å². The molecule has 1 saturated heterocycles. The average Bonchev–Trinajstić information content (AvgIpc) is 2.53. The summed E-state index contributed by atoms with van der Waals surface area (Å²) in [5, 5.41) is 8.36. The summed E-state index contributed by atoms with van der Waals surface area (Å²) >= 11 is 5.52. The molecule has 1 aliphatic rings. The van der Waals surface area contributed by atoms with Crippen LogP contribution in [0.3, 0.4) is 0 Å². The fourth-order valence-corrected chi connectivity index (χ4v) is 4.26. The maximum absolute atomic E-state index is 12.9. The lowest BCUT2D eigenvalue weighted by Crippen LogP contribution is -3.17. The Bertz CT molecular complexity index is 754. The second-order valence-electron chi connectivity index (χ2n) is 5.55. The Morgan fingerprint density at radius 3 is 2.42 bits per heavy atom. The molecule has 0 bridgehead atoms. The summed E-state index contributed by atoms with van der Waals surface area (Å²) in [4.78, 5) is 0.520. The van der Waals surface area contributed by atoms with Crippen LogP contribution in [0, 0.1) is 11.3 Å². The summed E-state index contributed by atoms with van der Waals surface area (Å²) in [6, 6.07) is 4.42. The summed E-state index contributed by atoms with van der Waals surface area (Å²) in [6.07, 6.45) is -4.73.